The Morgan fingerprint density at radius 2 is 1.93 bits per heavy atom. The van der Waals surface area contributed by atoms with E-state index in [-0.39, 0.29) is 17.8 Å². The van der Waals surface area contributed by atoms with Crippen LogP contribution in [0.1, 0.15) is 23.6 Å². The van der Waals surface area contributed by atoms with Gasteiger partial charge in [-0.3, -0.25) is 18.5 Å². The number of aromatic nitrogens is 4. The first-order valence-electron chi connectivity index (χ1n) is 9.88. The number of hydrogen-bond donors (Lipinski definition) is 0. The van der Waals surface area contributed by atoms with E-state index in [9.17, 15) is 9.59 Å². The van der Waals surface area contributed by atoms with Crippen LogP contribution in [0.25, 0.3) is 11.2 Å². The van der Waals surface area contributed by atoms with E-state index in [0.29, 0.717) is 36.8 Å². The molecule has 2 aromatic heterocycles. The number of fused-ring (bicyclic) bond motifs is 3. The van der Waals surface area contributed by atoms with E-state index in [2.05, 4.69) is 10.1 Å². The van der Waals surface area contributed by atoms with Crippen LogP contribution in [0.3, 0.4) is 0 Å². The predicted octanol–water partition coefficient (Wildman–Crippen LogP) is 1.40. The largest absolute Gasteiger partial charge is 0.383 e. The fourth-order valence-corrected chi connectivity index (χ4v) is 3.83. The summed E-state index contributed by atoms with van der Waals surface area (Å²) < 4.78 is 9.75. The maximum atomic E-state index is 13.5. The Bertz CT molecular complexity index is 1280. The van der Waals surface area contributed by atoms with Gasteiger partial charge in [-0.2, -0.15) is 10.1 Å². The number of methoxy groups -OCH3 is 1. The van der Waals surface area contributed by atoms with Crippen molar-refractivity contribution in [1.29, 1.82) is 0 Å². The summed E-state index contributed by atoms with van der Waals surface area (Å²) in [7, 11) is 3.27. The Morgan fingerprint density at radius 1 is 1.17 bits per heavy atom. The summed E-state index contributed by atoms with van der Waals surface area (Å²) in [5, 5.41) is 6.26. The van der Waals surface area contributed by atoms with Crippen LogP contribution in [0.2, 0.25) is 0 Å². The number of benzene rings is 1. The standard InChI is InChI=1S/C21H26N6O3/c1-13-6-7-14(2)16(10-13)12-26-19(28)17-18(24(4)21(26)29)22-20-25(17)11-15(3)23-27(20)8-9-30-5/h6-7,10H,8-9,11-12H2,1-5H3. The summed E-state index contributed by atoms with van der Waals surface area (Å²) in [6.07, 6.45) is 0. The molecule has 9 nitrogen and oxygen atoms in total. The van der Waals surface area contributed by atoms with Gasteiger partial charge < -0.3 is 4.74 Å². The maximum absolute atomic E-state index is 13.5. The SMILES string of the molecule is COCCN1N=C(C)Cn2c1nc1c2c(=O)n(Cc2cc(C)ccc2C)c(=O)n1C. The molecule has 0 fully saturated rings. The highest BCUT2D eigenvalue weighted by molar-refractivity contribution is 5.87. The molecular weight excluding hydrogens is 384 g/mol. The van der Waals surface area contributed by atoms with Crippen LogP contribution < -0.4 is 16.3 Å². The number of anilines is 1. The zero-order valence-corrected chi connectivity index (χ0v) is 18.0. The Morgan fingerprint density at radius 3 is 2.67 bits per heavy atom. The second kappa shape index (κ2) is 7.56. The minimum absolute atomic E-state index is 0.218. The number of imidazole rings is 1. The van der Waals surface area contributed by atoms with Gasteiger partial charge in [0, 0.05) is 14.2 Å². The molecule has 0 amide bonds. The van der Waals surface area contributed by atoms with Gasteiger partial charge in [-0.15, -0.1) is 0 Å². The van der Waals surface area contributed by atoms with Crippen molar-refractivity contribution in [3.63, 3.8) is 0 Å². The van der Waals surface area contributed by atoms with E-state index in [1.165, 1.54) is 9.13 Å². The highest BCUT2D eigenvalue weighted by Gasteiger charge is 2.26. The molecule has 30 heavy (non-hydrogen) atoms. The molecule has 0 aliphatic carbocycles. The van der Waals surface area contributed by atoms with Crippen LogP contribution in [-0.2, 0) is 24.9 Å². The molecule has 0 radical (unpaired) electrons. The lowest BCUT2D eigenvalue weighted by atomic mass is 10.1. The van der Waals surface area contributed by atoms with Gasteiger partial charge in [-0.1, -0.05) is 23.8 Å². The average Bonchev–Trinajstić information content (AvgIpc) is 3.09. The number of rotatable bonds is 5. The molecule has 158 valence electrons. The molecule has 4 rings (SSSR count). The van der Waals surface area contributed by atoms with Gasteiger partial charge in [-0.05, 0) is 31.9 Å². The molecule has 0 atom stereocenters. The van der Waals surface area contributed by atoms with Crippen LogP contribution in [0.15, 0.2) is 32.9 Å². The number of aryl methyl sites for hydroxylation is 3. The van der Waals surface area contributed by atoms with Crippen molar-refractivity contribution in [2.24, 2.45) is 12.1 Å². The topological polar surface area (TPSA) is 86.7 Å². The highest BCUT2D eigenvalue weighted by Crippen LogP contribution is 2.23. The van der Waals surface area contributed by atoms with Gasteiger partial charge in [0.15, 0.2) is 11.2 Å². The third-order valence-electron chi connectivity index (χ3n) is 5.46. The first-order valence-corrected chi connectivity index (χ1v) is 9.88. The molecule has 0 N–H and O–H groups in total. The first-order chi connectivity index (χ1) is 14.3. The monoisotopic (exact) mass is 410 g/mol. The molecule has 1 aromatic carbocycles. The van der Waals surface area contributed by atoms with Crippen LogP contribution in [-0.4, -0.2) is 44.7 Å². The van der Waals surface area contributed by atoms with Gasteiger partial charge in [0.25, 0.3) is 5.56 Å². The van der Waals surface area contributed by atoms with Crippen LogP contribution >= 0.6 is 0 Å². The van der Waals surface area contributed by atoms with Crippen molar-refractivity contribution in [3.8, 4) is 0 Å². The van der Waals surface area contributed by atoms with Crippen molar-refractivity contribution in [3.05, 3.63) is 55.7 Å². The minimum atomic E-state index is -0.384. The molecule has 0 unspecified atom stereocenters. The molecule has 1 aliphatic rings. The Hall–Kier alpha value is -3.20. The zero-order chi connectivity index (χ0) is 21.6. The van der Waals surface area contributed by atoms with Crippen molar-refractivity contribution in [2.45, 2.75) is 33.9 Å². The Labute approximate surface area is 173 Å². The second-order valence-electron chi connectivity index (χ2n) is 7.78. The Kier molecular flexibility index (Phi) is 5.07. The van der Waals surface area contributed by atoms with E-state index in [1.807, 2.05) is 43.5 Å². The normalized spacial score (nSPS) is 13.6. The molecular formula is C21H26N6O3. The molecule has 0 saturated heterocycles. The molecule has 0 saturated carbocycles. The fourth-order valence-electron chi connectivity index (χ4n) is 3.83. The van der Waals surface area contributed by atoms with E-state index >= 15 is 0 Å². The van der Waals surface area contributed by atoms with Crippen LogP contribution in [0.4, 0.5) is 5.95 Å². The maximum Gasteiger partial charge on any atom is 0.332 e. The fraction of sp³-hybridized carbons (Fsp3) is 0.429. The molecule has 9 heteroatoms. The second-order valence-corrected chi connectivity index (χ2v) is 7.78. The highest BCUT2D eigenvalue weighted by atomic mass is 16.5. The minimum Gasteiger partial charge on any atom is -0.383 e. The average molecular weight is 410 g/mol. The van der Waals surface area contributed by atoms with Crippen molar-refractivity contribution in [1.82, 2.24) is 18.7 Å². The zero-order valence-electron chi connectivity index (χ0n) is 18.0. The summed E-state index contributed by atoms with van der Waals surface area (Å²) in [4.78, 5) is 31.1. The van der Waals surface area contributed by atoms with Gasteiger partial charge in [-0.25, -0.2) is 9.80 Å². The summed E-state index contributed by atoms with van der Waals surface area (Å²) in [6, 6.07) is 6.04. The predicted molar refractivity (Wildman–Crippen MR) is 117 cm³/mol. The summed E-state index contributed by atoms with van der Waals surface area (Å²) >= 11 is 0. The summed E-state index contributed by atoms with van der Waals surface area (Å²) in [6.45, 7) is 7.53. The smallest absolute Gasteiger partial charge is 0.332 e. The molecule has 1 aliphatic heterocycles. The molecule has 3 aromatic rings. The number of nitrogens with zero attached hydrogens (tertiary/aromatic N) is 6. The van der Waals surface area contributed by atoms with Crippen molar-refractivity contribution >= 4 is 22.8 Å². The van der Waals surface area contributed by atoms with E-state index in [0.717, 1.165) is 22.4 Å². The van der Waals surface area contributed by atoms with Crippen molar-refractivity contribution in [2.75, 3.05) is 25.3 Å². The lowest BCUT2D eigenvalue weighted by Gasteiger charge is -2.24. The first kappa shape index (κ1) is 20.1. The van der Waals surface area contributed by atoms with Gasteiger partial charge >= 0.3 is 5.69 Å². The van der Waals surface area contributed by atoms with E-state index < -0.39 is 0 Å². The van der Waals surface area contributed by atoms with E-state index in [1.54, 1.807) is 19.2 Å². The van der Waals surface area contributed by atoms with Crippen LogP contribution in [0.5, 0.6) is 0 Å². The van der Waals surface area contributed by atoms with E-state index in [4.69, 9.17) is 4.74 Å². The summed E-state index contributed by atoms with van der Waals surface area (Å²) in [5.74, 6) is 0.546. The van der Waals surface area contributed by atoms with Gasteiger partial charge in [0.05, 0.1) is 32.0 Å². The number of hydrogen-bond acceptors (Lipinski definition) is 6. The third-order valence-corrected chi connectivity index (χ3v) is 5.46. The van der Waals surface area contributed by atoms with Crippen LogP contribution in [0, 0.1) is 13.8 Å². The van der Waals surface area contributed by atoms with Gasteiger partial charge in [0.2, 0.25) is 5.95 Å². The molecule has 0 spiro atoms. The summed E-state index contributed by atoms with van der Waals surface area (Å²) in [5.41, 5.74) is 3.99. The quantitative estimate of drug-likeness (QED) is 0.635. The molecule has 0 bridgehead atoms. The third kappa shape index (κ3) is 3.24. The lowest BCUT2D eigenvalue weighted by molar-refractivity contribution is 0.205. The van der Waals surface area contributed by atoms with Crippen molar-refractivity contribution < 1.29 is 4.74 Å². The Balaban J connectivity index is 1.92. The number of ether oxygens (including phenoxy) is 1. The molecule has 3 heterocycles. The number of hydrazone groups is 1. The van der Waals surface area contributed by atoms with Gasteiger partial charge in [0.1, 0.15) is 0 Å². The lowest BCUT2D eigenvalue weighted by Crippen LogP contribution is -2.40.